The first-order valence-corrected chi connectivity index (χ1v) is 4.39. The molecule has 1 aromatic carbocycles. The van der Waals surface area contributed by atoms with Crippen LogP contribution in [0.25, 0.3) is 11.4 Å². The molecule has 2 aromatic rings. The lowest BCUT2D eigenvalue weighted by atomic mass is 10.1. The van der Waals surface area contributed by atoms with Crippen molar-refractivity contribution in [1.82, 2.24) is 14.8 Å². The molecule has 0 saturated heterocycles. The van der Waals surface area contributed by atoms with Crippen LogP contribution >= 0.6 is 0 Å². The Labute approximate surface area is 82.4 Å². The Bertz CT molecular complexity index is 459. The fourth-order valence-electron chi connectivity index (χ4n) is 1.41. The Morgan fingerprint density at radius 3 is 2.79 bits per heavy atom. The largest absolute Gasteiger partial charge is 0.399 e. The Hall–Kier alpha value is -1.84. The molecular weight excluding hydrogens is 176 g/mol. The number of nitrogens with zero attached hydrogens (tertiary/aromatic N) is 3. The summed E-state index contributed by atoms with van der Waals surface area (Å²) < 4.78 is 1.88. The van der Waals surface area contributed by atoms with E-state index < -0.39 is 0 Å². The summed E-state index contributed by atoms with van der Waals surface area (Å²) in [5.74, 6) is 0.842. The van der Waals surface area contributed by atoms with Gasteiger partial charge in [0, 0.05) is 18.3 Å². The van der Waals surface area contributed by atoms with Gasteiger partial charge in [-0.1, -0.05) is 6.07 Å². The van der Waals surface area contributed by atoms with Gasteiger partial charge in [0.2, 0.25) is 0 Å². The zero-order valence-corrected chi connectivity index (χ0v) is 8.23. The first-order chi connectivity index (χ1) is 6.68. The molecule has 0 aliphatic heterocycles. The lowest BCUT2D eigenvalue weighted by Crippen LogP contribution is -1.95. The van der Waals surface area contributed by atoms with Crippen LogP contribution in [0.15, 0.2) is 24.5 Å². The van der Waals surface area contributed by atoms with Gasteiger partial charge in [0.1, 0.15) is 6.33 Å². The van der Waals surface area contributed by atoms with Crippen LogP contribution < -0.4 is 5.73 Å². The number of aromatic nitrogens is 3. The highest BCUT2D eigenvalue weighted by Crippen LogP contribution is 2.22. The van der Waals surface area contributed by atoms with Crippen LogP contribution in [-0.2, 0) is 7.05 Å². The first-order valence-electron chi connectivity index (χ1n) is 4.39. The van der Waals surface area contributed by atoms with E-state index in [1.54, 1.807) is 6.33 Å². The standard InChI is InChI=1S/C10H12N4/c1-7-3-4-8(11)5-9(7)10-13-12-6-14(10)2/h3-6H,11H2,1-2H3. The second kappa shape index (κ2) is 3.14. The van der Waals surface area contributed by atoms with Crippen LogP contribution in [0.4, 0.5) is 5.69 Å². The van der Waals surface area contributed by atoms with Gasteiger partial charge in [-0.15, -0.1) is 10.2 Å². The Morgan fingerprint density at radius 2 is 2.14 bits per heavy atom. The van der Waals surface area contributed by atoms with Gasteiger partial charge in [-0.3, -0.25) is 0 Å². The predicted octanol–water partition coefficient (Wildman–Crippen LogP) is 1.37. The molecule has 0 unspecified atom stereocenters. The van der Waals surface area contributed by atoms with E-state index in [1.807, 2.05) is 36.7 Å². The third-order valence-electron chi connectivity index (χ3n) is 2.21. The number of rotatable bonds is 1. The predicted molar refractivity (Wildman–Crippen MR) is 55.6 cm³/mol. The Morgan fingerprint density at radius 1 is 1.36 bits per heavy atom. The summed E-state index contributed by atoms with van der Waals surface area (Å²) in [7, 11) is 1.91. The van der Waals surface area contributed by atoms with E-state index in [4.69, 9.17) is 5.73 Å². The van der Waals surface area contributed by atoms with Gasteiger partial charge in [-0.25, -0.2) is 0 Å². The third kappa shape index (κ3) is 1.35. The van der Waals surface area contributed by atoms with Crippen molar-refractivity contribution in [3.8, 4) is 11.4 Å². The second-order valence-corrected chi connectivity index (χ2v) is 3.34. The zero-order chi connectivity index (χ0) is 10.1. The topological polar surface area (TPSA) is 56.7 Å². The maximum Gasteiger partial charge on any atom is 0.163 e. The number of anilines is 1. The van der Waals surface area contributed by atoms with E-state index in [-0.39, 0.29) is 0 Å². The van der Waals surface area contributed by atoms with E-state index in [2.05, 4.69) is 10.2 Å². The molecular formula is C10H12N4. The molecule has 14 heavy (non-hydrogen) atoms. The van der Waals surface area contributed by atoms with Crippen molar-refractivity contribution in [2.75, 3.05) is 5.73 Å². The van der Waals surface area contributed by atoms with Crippen LogP contribution in [0.3, 0.4) is 0 Å². The smallest absolute Gasteiger partial charge is 0.163 e. The van der Waals surface area contributed by atoms with Crippen LogP contribution in [0.2, 0.25) is 0 Å². The van der Waals surface area contributed by atoms with Gasteiger partial charge in [0.15, 0.2) is 5.82 Å². The summed E-state index contributed by atoms with van der Waals surface area (Å²) in [5, 5.41) is 7.89. The molecule has 0 fully saturated rings. The molecule has 4 heteroatoms. The van der Waals surface area contributed by atoms with Gasteiger partial charge >= 0.3 is 0 Å². The van der Waals surface area contributed by atoms with E-state index in [0.717, 1.165) is 22.6 Å². The SMILES string of the molecule is Cc1ccc(N)cc1-c1nncn1C. The Balaban J connectivity index is 2.62. The van der Waals surface area contributed by atoms with Crippen molar-refractivity contribution in [3.63, 3.8) is 0 Å². The molecule has 4 nitrogen and oxygen atoms in total. The van der Waals surface area contributed by atoms with Crippen molar-refractivity contribution in [2.24, 2.45) is 7.05 Å². The molecule has 0 aliphatic rings. The monoisotopic (exact) mass is 188 g/mol. The minimum Gasteiger partial charge on any atom is -0.399 e. The summed E-state index contributed by atoms with van der Waals surface area (Å²) in [5.41, 5.74) is 8.65. The average Bonchev–Trinajstić information content (AvgIpc) is 2.56. The molecule has 0 bridgehead atoms. The zero-order valence-electron chi connectivity index (χ0n) is 8.23. The van der Waals surface area contributed by atoms with Crippen LogP contribution in [-0.4, -0.2) is 14.8 Å². The van der Waals surface area contributed by atoms with Gasteiger partial charge in [-0.2, -0.15) is 0 Å². The highest BCUT2D eigenvalue weighted by Gasteiger charge is 2.07. The van der Waals surface area contributed by atoms with Crippen molar-refractivity contribution in [2.45, 2.75) is 6.92 Å². The maximum absolute atomic E-state index is 5.73. The first kappa shape index (κ1) is 8.74. The minimum atomic E-state index is 0.744. The molecule has 2 N–H and O–H groups in total. The molecule has 2 rings (SSSR count). The normalized spacial score (nSPS) is 10.4. The average molecular weight is 188 g/mol. The number of hydrogen-bond acceptors (Lipinski definition) is 3. The molecule has 0 aliphatic carbocycles. The van der Waals surface area contributed by atoms with E-state index in [9.17, 15) is 0 Å². The number of hydrogen-bond donors (Lipinski definition) is 1. The third-order valence-corrected chi connectivity index (χ3v) is 2.21. The highest BCUT2D eigenvalue weighted by atomic mass is 15.2. The molecule has 1 aromatic heterocycles. The quantitative estimate of drug-likeness (QED) is 0.688. The van der Waals surface area contributed by atoms with Crippen molar-refractivity contribution in [3.05, 3.63) is 30.1 Å². The Kier molecular flexibility index (Phi) is 1.96. The van der Waals surface area contributed by atoms with E-state index in [0.29, 0.717) is 0 Å². The van der Waals surface area contributed by atoms with Crippen molar-refractivity contribution >= 4 is 5.69 Å². The molecule has 0 saturated carbocycles. The van der Waals surface area contributed by atoms with Gasteiger partial charge in [0.05, 0.1) is 0 Å². The molecule has 0 radical (unpaired) electrons. The molecule has 0 spiro atoms. The van der Waals surface area contributed by atoms with Gasteiger partial charge in [-0.05, 0) is 24.6 Å². The summed E-state index contributed by atoms with van der Waals surface area (Å²) in [6.45, 7) is 2.03. The van der Waals surface area contributed by atoms with Gasteiger partial charge < -0.3 is 10.3 Å². The number of aryl methyl sites for hydroxylation is 2. The fourth-order valence-corrected chi connectivity index (χ4v) is 1.41. The van der Waals surface area contributed by atoms with Crippen molar-refractivity contribution in [1.29, 1.82) is 0 Å². The van der Waals surface area contributed by atoms with Crippen LogP contribution in [0, 0.1) is 6.92 Å². The number of benzene rings is 1. The van der Waals surface area contributed by atoms with Crippen molar-refractivity contribution < 1.29 is 0 Å². The molecule has 1 heterocycles. The van der Waals surface area contributed by atoms with Crippen LogP contribution in [0.1, 0.15) is 5.56 Å². The summed E-state index contributed by atoms with van der Waals surface area (Å²) in [4.78, 5) is 0. The van der Waals surface area contributed by atoms with Gasteiger partial charge in [0.25, 0.3) is 0 Å². The number of nitrogens with two attached hydrogens (primary N) is 1. The fraction of sp³-hybridized carbons (Fsp3) is 0.200. The van der Waals surface area contributed by atoms with E-state index >= 15 is 0 Å². The molecule has 0 amide bonds. The summed E-state index contributed by atoms with van der Waals surface area (Å²) in [6, 6.07) is 5.79. The lowest BCUT2D eigenvalue weighted by molar-refractivity contribution is 0.918. The molecule has 72 valence electrons. The number of nitrogen functional groups attached to an aromatic ring is 1. The van der Waals surface area contributed by atoms with E-state index in [1.165, 1.54) is 0 Å². The second-order valence-electron chi connectivity index (χ2n) is 3.34. The molecule has 0 atom stereocenters. The van der Waals surface area contributed by atoms with Crippen LogP contribution in [0.5, 0.6) is 0 Å². The summed E-state index contributed by atoms with van der Waals surface area (Å²) in [6.07, 6.45) is 1.68. The minimum absolute atomic E-state index is 0.744. The lowest BCUT2D eigenvalue weighted by Gasteiger charge is -2.05. The summed E-state index contributed by atoms with van der Waals surface area (Å²) >= 11 is 0. The maximum atomic E-state index is 5.73. The highest BCUT2D eigenvalue weighted by molar-refractivity contribution is 5.65.